The molecule has 0 amide bonds. The molecule has 5 heteroatoms. The van der Waals surface area contributed by atoms with Gasteiger partial charge >= 0.3 is 23.1 Å². The van der Waals surface area contributed by atoms with Crippen LogP contribution in [0.5, 0.6) is 0 Å². The number of hydrogen-bond acceptors (Lipinski definition) is 3. The Labute approximate surface area is 63.3 Å². The maximum absolute atomic E-state index is 8.93. The van der Waals surface area contributed by atoms with Crippen LogP contribution in [-0.4, -0.2) is 40.9 Å². The van der Waals surface area contributed by atoms with Crippen molar-refractivity contribution in [2.24, 2.45) is 0 Å². The van der Waals surface area contributed by atoms with Gasteiger partial charge in [0, 0.05) is 0 Å². The molecule has 0 fully saturated rings. The van der Waals surface area contributed by atoms with Crippen molar-refractivity contribution >= 4 is 29.2 Å². The number of hydrogen-bond donors (Lipinski definition) is 1. The number of carboxylic acid groups (broad SMARTS) is 2. The van der Waals surface area contributed by atoms with Gasteiger partial charge in [-0.3, -0.25) is 0 Å². The van der Waals surface area contributed by atoms with Gasteiger partial charge in [0.15, 0.2) is 0 Å². The van der Waals surface area contributed by atoms with Gasteiger partial charge in [-0.1, -0.05) is 6.92 Å². The van der Waals surface area contributed by atoms with Crippen LogP contribution in [0, 0.1) is 0 Å². The Bertz CT molecular complexity index is 42.5. The van der Waals surface area contributed by atoms with Crippen molar-refractivity contribution in [2.75, 3.05) is 6.61 Å². The first kappa shape index (κ1) is 15.7. The summed E-state index contributed by atoms with van der Waals surface area (Å²) in [5.74, 6) is 0. The molecule has 8 heavy (non-hydrogen) atoms. The molecule has 0 radical (unpaired) electrons. The van der Waals surface area contributed by atoms with E-state index in [0.29, 0.717) is 0 Å². The van der Waals surface area contributed by atoms with Crippen LogP contribution in [0.25, 0.3) is 0 Å². The Morgan fingerprint density at radius 3 is 1.75 bits per heavy atom. The molecule has 0 saturated carbocycles. The van der Waals surface area contributed by atoms with Crippen molar-refractivity contribution in [3.63, 3.8) is 0 Å². The molecular formula is C3H6MgO4. The fourth-order valence-electron chi connectivity index (χ4n) is 0. The summed E-state index contributed by atoms with van der Waals surface area (Å²) in [6.07, 6.45) is -2.08. The smallest absolute Gasteiger partial charge is 0.855 e. The van der Waals surface area contributed by atoms with E-state index in [1.165, 1.54) is 0 Å². The molecule has 0 aromatic carbocycles. The van der Waals surface area contributed by atoms with Gasteiger partial charge in [-0.25, -0.2) is 0 Å². The quantitative estimate of drug-likeness (QED) is 0.380. The van der Waals surface area contributed by atoms with Crippen LogP contribution < -0.4 is 10.2 Å². The first-order valence-electron chi connectivity index (χ1n) is 1.63. The largest absolute Gasteiger partial charge is 2.00 e. The maximum atomic E-state index is 8.93. The fraction of sp³-hybridized carbons (Fsp3) is 0.667. The Morgan fingerprint density at radius 1 is 1.75 bits per heavy atom. The topological polar surface area (TPSA) is 83.4 Å². The zero-order valence-electron chi connectivity index (χ0n) is 4.59. The zero-order valence-corrected chi connectivity index (χ0v) is 6.00. The van der Waals surface area contributed by atoms with Gasteiger partial charge in [-0.2, -0.15) is 0 Å². The Hall–Kier alpha value is -0.00377. The summed E-state index contributed by atoms with van der Waals surface area (Å²) in [4.78, 5) is 8.44. The molecule has 0 bridgehead atoms. The van der Waals surface area contributed by atoms with E-state index in [2.05, 4.69) is 0 Å². The number of carbonyl (C=O) groups is 1. The van der Waals surface area contributed by atoms with E-state index in [1.54, 1.807) is 6.92 Å². The minimum absolute atomic E-state index is 0. The molecule has 0 spiro atoms. The van der Waals surface area contributed by atoms with Crippen molar-refractivity contribution in [1.29, 1.82) is 0 Å². The molecule has 0 aromatic heterocycles. The van der Waals surface area contributed by atoms with E-state index in [9.17, 15) is 0 Å². The minimum Gasteiger partial charge on any atom is -0.855 e. The van der Waals surface area contributed by atoms with Crippen LogP contribution in [0.2, 0.25) is 0 Å². The molecule has 4 nitrogen and oxygen atoms in total. The summed E-state index contributed by atoms with van der Waals surface area (Å²) in [7, 11) is 0. The molecular weight excluding hydrogens is 124 g/mol. The molecule has 0 aromatic rings. The van der Waals surface area contributed by atoms with E-state index < -0.39 is 6.16 Å². The van der Waals surface area contributed by atoms with E-state index in [4.69, 9.17) is 20.1 Å². The monoisotopic (exact) mass is 130 g/mol. The molecule has 44 valence electrons. The van der Waals surface area contributed by atoms with Crippen LogP contribution >= 0.6 is 0 Å². The molecule has 0 unspecified atom stereocenters. The van der Waals surface area contributed by atoms with E-state index >= 15 is 0 Å². The minimum atomic E-state index is -2.08. The summed E-state index contributed by atoms with van der Waals surface area (Å²) >= 11 is 0. The fourth-order valence-corrected chi connectivity index (χ4v) is 0. The van der Waals surface area contributed by atoms with Crippen molar-refractivity contribution in [3.05, 3.63) is 0 Å². The van der Waals surface area contributed by atoms with Crippen LogP contribution in [0.3, 0.4) is 0 Å². The van der Waals surface area contributed by atoms with Gasteiger partial charge in [0.25, 0.3) is 0 Å². The third-order valence-corrected chi connectivity index (χ3v) is 0. The van der Waals surface area contributed by atoms with Crippen molar-refractivity contribution < 1.29 is 20.1 Å². The molecule has 1 N–H and O–H groups in total. The van der Waals surface area contributed by atoms with Gasteiger partial charge in [-0.05, 0) is 0 Å². The van der Waals surface area contributed by atoms with Gasteiger partial charge in [-0.15, -0.1) is 6.61 Å². The first-order chi connectivity index (χ1) is 3.15. The first-order valence-corrected chi connectivity index (χ1v) is 1.63. The molecule has 0 aliphatic rings. The third kappa shape index (κ3) is 10600000. The summed E-state index contributed by atoms with van der Waals surface area (Å²) in [5, 5.41) is 24.2. The Morgan fingerprint density at radius 2 is 1.75 bits per heavy atom. The van der Waals surface area contributed by atoms with Gasteiger partial charge in [0.05, 0.1) is 0 Å². The van der Waals surface area contributed by atoms with Crippen molar-refractivity contribution in [1.82, 2.24) is 0 Å². The average Bonchev–Trinajstić information content (AvgIpc) is 1.33. The second-order valence-electron chi connectivity index (χ2n) is 0.555. The summed E-state index contributed by atoms with van der Waals surface area (Å²) in [5.41, 5.74) is 0. The van der Waals surface area contributed by atoms with Crippen LogP contribution in [0.15, 0.2) is 0 Å². The van der Waals surface area contributed by atoms with E-state index in [1.807, 2.05) is 0 Å². The van der Waals surface area contributed by atoms with Crippen LogP contribution in [0.1, 0.15) is 6.92 Å². The second kappa shape index (κ2) is 15.8. The normalized spacial score (nSPS) is 5.25. The zero-order chi connectivity index (χ0) is 6.28. The Kier molecular flexibility index (Phi) is 30.9. The van der Waals surface area contributed by atoms with Crippen molar-refractivity contribution in [3.8, 4) is 0 Å². The summed E-state index contributed by atoms with van der Waals surface area (Å²) < 4.78 is 0. The van der Waals surface area contributed by atoms with E-state index in [-0.39, 0.29) is 29.7 Å². The summed E-state index contributed by atoms with van der Waals surface area (Å²) in [6.45, 7) is 1.57. The van der Waals surface area contributed by atoms with Gasteiger partial charge in [0.1, 0.15) is 0 Å². The number of rotatable bonds is 0. The molecule has 0 rings (SSSR count). The average molecular weight is 130 g/mol. The SMILES string of the molecule is CC[O-].O=C([O-])O.[Mg+2]. The van der Waals surface area contributed by atoms with Gasteiger partial charge < -0.3 is 20.1 Å². The molecule has 0 saturated heterocycles. The van der Waals surface area contributed by atoms with Crippen molar-refractivity contribution in [2.45, 2.75) is 6.92 Å². The molecule has 0 atom stereocenters. The maximum Gasteiger partial charge on any atom is 2.00 e. The third-order valence-electron chi connectivity index (χ3n) is 0. The second-order valence-corrected chi connectivity index (χ2v) is 0.555. The molecule has 0 aliphatic heterocycles. The summed E-state index contributed by atoms with van der Waals surface area (Å²) in [6, 6.07) is 0. The predicted octanol–water partition coefficient (Wildman–Crippen LogP) is -2.13. The van der Waals surface area contributed by atoms with Crippen LogP contribution in [-0.2, 0) is 0 Å². The molecule has 0 heterocycles. The van der Waals surface area contributed by atoms with Gasteiger partial charge in [0.2, 0.25) is 6.16 Å². The molecule has 0 aliphatic carbocycles. The Balaban J connectivity index is -0.0000000575. The van der Waals surface area contributed by atoms with E-state index in [0.717, 1.165) is 0 Å². The van der Waals surface area contributed by atoms with Crippen LogP contribution in [0.4, 0.5) is 4.79 Å². The standard InChI is InChI=1S/C2H5O.CH2O3.Mg/c1-2-3;2-1(3)4;/h2H2,1H3;(H2,2,3,4);/q-1;;+2/p-1. The predicted molar refractivity (Wildman–Crippen MR) is 24.3 cm³/mol.